The minimum Gasteiger partial charge on any atom is -0.227 e. The minimum absolute atomic E-state index is 0.431. The van der Waals surface area contributed by atoms with Crippen molar-refractivity contribution in [1.82, 2.24) is 4.98 Å². The summed E-state index contributed by atoms with van der Waals surface area (Å²) in [7, 11) is 0. The van der Waals surface area contributed by atoms with Crippen LogP contribution in [0.15, 0.2) is 16.7 Å². The summed E-state index contributed by atoms with van der Waals surface area (Å²) in [6, 6.07) is 1.80. The molecule has 54 valence electrons. The van der Waals surface area contributed by atoms with Gasteiger partial charge in [-0.05, 0) is 34.0 Å². The summed E-state index contributed by atoms with van der Waals surface area (Å²) in [5.41, 5.74) is 0.951. The Kier molecular flexibility index (Phi) is 2.38. The summed E-state index contributed by atoms with van der Waals surface area (Å²) in [5.74, 6) is -0.431. The molecule has 0 amide bonds. The summed E-state index contributed by atoms with van der Waals surface area (Å²) in [6.07, 6.45) is 2.29. The second-order valence-corrected chi connectivity index (χ2v) is 2.72. The zero-order chi connectivity index (χ0) is 7.56. The van der Waals surface area contributed by atoms with Gasteiger partial charge < -0.3 is 0 Å². The van der Waals surface area contributed by atoms with Gasteiger partial charge in [0.25, 0.3) is 0 Å². The van der Waals surface area contributed by atoms with Gasteiger partial charge in [0.1, 0.15) is 0 Å². The van der Waals surface area contributed by atoms with Gasteiger partial charge in [0.2, 0.25) is 5.95 Å². The number of hydrogen-bond donors (Lipinski definition) is 0. The predicted molar refractivity (Wildman–Crippen MR) is 41.3 cm³/mol. The lowest BCUT2D eigenvalue weighted by atomic mass is 10.2. The number of rotatable bonds is 1. The van der Waals surface area contributed by atoms with E-state index in [2.05, 4.69) is 20.9 Å². The Morgan fingerprint density at radius 1 is 1.70 bits per heavy atom. The van der Waals surface area contributed by atoms with E-state index >= 15 is 0 Å². The van der Waals surface area contributed by atoms with Crippen LogP contribution in [0.25, 0.3) is 0 Å². The van der Waals surface area contributed by atoms with Crippen LogP contribution in [0.1, 0.15) is 12.5 Å². The average Bonchev–Trinajstić information content (AvgIpc) is 1.95. The summed E-state index contributed by atoms with van der Waals surface area (Å²) in [4.78, 5) is 3.47. The lowest BCUT2D eigenvalue weighted by molar-refractivity contribution is 0.574. The fourth-order valence-corrected chi connectivity index (χ4v) is 1.24. The SMILES string of the molecule is CCc1ccnc(F)c1Br. The maximum Gasteiger partial charge on any atom is 0.227 e. The third-order valence-corrected chi connectivity index (χ3v) is 2.14. The number of halogens is 2. The number of pyridine rings is 1. The topological polar surface area (TPSA) is 12.9 Å². The molecule has 1 aromatic heterocycles. The van der Waals surface area contributed by atoms with Crippen molar-refractivity contribution in [3.05, 3.63) is 28.2 Å². The molecule has 0 aromatic carbocycles. The molecule has 0 saturated heterocycles. The Hall–Kier alpha value is -0.440. The maximum absolute atomic E-state index is 12.6. The molecule has 0 saturated carbocycles. The molecule has 1 aromatic rings. The smallest absolute Gasteiger partial charge is 0.227 e. The molecule has 0 fully saturated rings. The first-order valence-corrected chi connectivity index (χ1v) is 3.84. The van der Waals surface area contributed by atoms with Crippen molar-refractivity contribution in [3.8, 4) is 0 Å². The van der Waals surface area contributed by atoms with Crippen molar-refractivity contribution in [1.29, 1.82) is 0 Å². The molecule has 0 atom stereocenters. The third kappa shape index (κ3) is 1.34. The van der Waals surface area contributed by atoms with Crippen LogP contribution in [0.5, 0.6) is 0 Å². The molecule has 0 aliphatic rings. The van der Waals surface area contributed by atoms with E-state index < -0.39 is 5.95 Å². The van der Waals surface area contributed by atoms with Crippen molar-refractivity contribution in [2.45, 2.75) is 13.3 Å². The first-order chi connectivity index (χ1) is 4.75. The second kappa shape index (κ2) is 3.10. The van der Waals surface area contributed by atoms with Crippen LogP contribution in [-0.2, 0) is 6.42 Å². The fourth-order valence-electron chi connectivity index (χ4n) is 0.728. The van der Waals surface area contributed by atoms with Gasteiger partial charge in [0.05, 0.1) is 4.47 Å². The predicted octanol–water partition coefficient (Wildman–Crippen LogP) is 2.55. The third-order valence-electron chi connectivity index (χ3n) is 1.31. The van der Waals surface area contributed by atoms with E-state index in [0.717, 1.165) is 12.0 Å². The van der Waals surface area contributed by atoms with E-state index in [-0.39, 0.29) is 0 Å². The number of hydrogen-bond acceptors (Lipinski definition) is 1. The molecule has 0 radical (unpaired) electrons. The van der Waals surface area contributed by atoms with Crippen LogP contribution >= 0.6 is 15.9 Å². The van der Waals surface area contributed by atoms with Gasteiger partial charge in [-0.2, -0.15) is 4.39 Å². The van der Waals surface area contributed by atoms with Crippen LogP contribution in [0.4, 0.5) is 4.39 Å². The van der Waals surface area contributed by atoms with Crippen LogP contribution < -0.4 is 0 Å². The van der Waals surface area contributed by atoms with Crippen molar-refractivity contribution in [2.24, 2.45) is 0 Å². The Balaban J connectivity index is 3.14. The number of aromatic nitrogens is 1. The molecule has 0 aliphatic heterocycles. The summed E-state index contributed by atoms with van der Waals surface area (Å²) < 4.78 is 13.1. The number of aryl methyl sites for hydroxylation is 1. The summed E-state index contributed by atoms with van der Waals surface area (Å²) >= 11 is 3.10. The zero-order valence-corrected chi connectivity index (χ0v) is 7.15. The standard InChI is InChI=1S/C7H7BrFN/c1-2-5-3-4-10-7(9)6(5)8/h3-4H,2H2,1H3. The number of nitrogens with zero attached hydrogens (tertiary/aromatic N) is 1. The van der Waals surface area contributed by atoms with Crippen molar-refractivity contribution in [2.75, 3.05) is 0 Å². The quantitative estimate of drug-likeness (QED) is 0.640. The van der Waals surface area contributed by atoms with Crippen molar-refractivity contribution in [3.63, 3.8) is 0 Å². The molecular formula is C7H7BrFN. The molecule has 1 nitrogen and oxygen atoms in total. The molecular weight excluding hydrogens is 197 g/mol. The van der Waals surface area contributed by atoms with E-state index in [1.165, 1.54) is 6.20 Å². The van der Waals surface area contributed by atoms with Gasteiger partial charge in [0.15, 0.2) is 0 Å². The molecule has 1 rings (SSSR count). The highest BCUT2D eigenvalue weighted by molar-refractivity contribution is 9.10. The van der Waals surface area contributed by atoms with Crippen LogP contribution in [0, 0.1) is 5.95 Å². The highest BCUT2D eigenvalue weighted by Gasteiger charge is 2.02. The van der Waals surface area contributed by atoms with Gasteiger partial charge in [0, 0.05) is 6.20 Å². The normalized spacial score (nSPS) is 9.90. The van der Waals surface area contributed by atoms with E-state index in [1.807, 2.05) is 6.92 Å². The van der Waals surface area contributed by atoms with E-state index in [0.29, 0.717) is 4.47 Å². The monoisotopic (exact) mass is 203 g/mol. The Morgan fingerprint density at radius 3 is 2.90 bits per heavy atom. The molecule has 3 heteroatoms. The van der Waals surface area contributed by atoms with Crippen LogP contribution in [-0.4, -0.2) is 4.98 Å². The minimum atomic E-state index is -0.431. The molecule has 0 N–H and O–H groups in total. The van der Waals surface area contributed by atoms with E-state index in [1.54, 1.807) is 6.07 Å². The van der Waals surface area contributed by atoms with Gasteiger partial charge in [-0.1, -0.05) is 6.92 Å². The first-order valence-electron chi connectivity index (χ1n) is 3.04. The largest absolute Gasteiger partial charge is 0.227 e. The lowest BCUT2D eigenvalue weighted by Gasteiger charge is -1.98. The molecule has 10 heavy (non-hydrogen) atoms. The average molecular weight is 204 g/mol. The van der Waals surface area contributed by atoms with Crippen molar-refractivity contribution >= 4 is 15.9 Å². The van der Waals surface area contributed by atoms with Gasteiger partial charge in [-0.3, -0.25) is 0 Å². The van der Waals surface area contributed by atoms with E-state index in [9.17, 15) is 4.39 Å². The lowest BCUT2D eigenvalue weighted by Crippen LogP contribution is -1.89. The van der Waals surface area contributed by atoms with Gasteiger partial charge >= 0.3 is 0 Å². The van der Waals surface area contributed by atoms with Crippen LogP contribution in [0.3, 0.4) is 0 Å². The highest BCUT2D eigenvalue weighted by Crippen LogP contribution is 2.18. The second-order valence-electron chi connectivity index (χ2n) is 1.93. The molecule has 1 heterocycles. The maximum atomic E-state index is 12.6. The van der Waals surface area contributed by atoms with Crippen LogP contribution in [0.2, 0.25) is 0 Å². The molecule has 0 bridgehead atoms. The Labute approximate surface area is 67.4 Å². The first kappa shape index (κ1) is 7.66. The highest BCUT2D eigenvalue weighted by atomic mass is 79.9. The fraction of sp³-hybridized carbons (Fsp3) is 0.286. The van der Waals surface area contributed by atoms with Gasteiger partial charge in [-0.15, -0.1) is 0 Å². The molecule has 0 spiro atoms. The van der Waals surface area contributed by atoms with Crippen molar-refractivity contribution < 1.29 is 4.39 Å². The zero-order valence-electron chi connectivity index (χ0n) is 5.56. The summed E-state index contributed by atoms with van der Waals surface area (Å²) in [6.45, 7) is 1.97. The Bertz CT molecular complexity index is 237. The van der Waals surface area contributed by atoms with Gasteiger partial charge in [-0.25, -0.2) is 4.98 Å². The molecule has 0 unspecified atom stereocenters. The molecule has 0 aliphatic carbocycles. The Morgan fingerprint density at radius 2 is 2.40 bits per heavy atom. The van der Waals surface area contributed by atoms with E-state index in [4.69, 9.17) is 0 Å². The summed E-state index contributed by atoms with van der Waals surface area (Å²) in [5, 5.41) is 0.